The molecule has 8 heteroatoms. The van der Waals surface area contributed by atoms with E-state index in [1.54, 1.807) is 0 Å². The standard InChI is InChI=1S/C34H24Cl4N2O2/c1-4-39-19(3)26(21-14-8-9-16-23(21)39)34(27-25(33(41)42-34)28(35)30(37)31(38)29(27)36)32-24(20-12-6-5-7-13-20)18(2)22-15-10-11-17-40(22)32/h5-17H,4H2,1-3H3. The molecule has 1 aliphatic rings. The number of hydrogen-bond donors (Lipinski definition) is 0. The molecule has 42 heavy (non-hydrogen) atoms. The van der Waals surface area contributed by atoms with Gasteiger partial charge in [0.1, 0.15) is 0 Å². The van der Waals surface area contributed by atoms with Gasteiger partial charge >= 0.3 is 5.97 Å². The molecule has 1 atom stereocenters. The van der Waals surface area contributed by atoms with Crippen LogP contribution in [-0.2, 0) is 16.9 Å². The fourth-order valence-corrected chi connectivity index (χ4v) is 7.88. The maximum absolute atomic E-state index is 14.1. The third-order valence-electron chi connectivity index (χ3n) is 8.46. The van der Waals surface area contributed by atoms with Crippen LogP contribution in [0.5, 0.6) is 0 Å². The zero-order valence-corrected chi connectivity index (χ0v) is 26.0. The molecule has 0 saturated carbocycles. The minimum Gasteiger partial charge on any atom is -0.439 e. The molecule has 0 amide bonds. The molecule has 210 valence electrons. The van der Waals surface area contributed by atoms with E-state index in [1.165, 1.54) is 0 Å². The number of cyclic esters (lactones) is 1. The van der Waals surface area contributed by atoms with Gasteiger partial charge in [-0.15, -0.1) is 0 Å². The van der Waals surface area contributed by atoms with Crippen LogP contribution < -0.4 is 0 Å². The number of esters is 1. The first kappa shape index (κ1) is 27.4. The van der Waals surface area contributed by atoms with Gasteiger partial charge in [0.25, 0.3) is 0 Å². The summed E-state index contributed by atoms with van der Waals surface area (Å²) in [5.41, 5.74) is 6.32. The van der Waals surface area contributed by atoms with Crippen LogP contribution in [0.2, 0.25) is 20.1 Å². The minimum atomic E-state index is -1.53. The van der Waals surface area contributed by atoms with Crippen molar-refractivity contribution in [3.8, 4) is 11.1 Å². The lowest BCUT2D eigenvalue weighted by molar-refractivity contribution is 0.0241. The molecule has 0 fully saturated rings. The molecule has 0 aliphatic carbocycles. The molecule has 3 aromatic heterocycles. The highest BCUT2D eigenvalue weighted by Crippen LogP contribution is 2.59. The Balaban J connectivity index is 1.80. The SMILES string of the molecule is CCn1c(C)c(C2(c3c(-c4ccccc4)c(C)c4ccccn34)OC(=O)c3c(Cl)c(Cl)c(Cl)c(Cl)c32)c2ccccc21. The average Bonchev–Trinajstić information content (AvgIpc) is 3.59. The first-order chi connectivity index (χ1) is 20.2. The maximum Gasteiger partial charge on any atom is 0.341 e. The number of benzene rings is 3. The van der Waals surface area contributed by atoms with Crippen LogP contribution in [0.15, 0.2) is 79.0 Å². The predicted octanol–water partition coefficient (Wildman–Crippen LogP) is 10.3. The number of aromatic nitrogens is 2. The van der Waals surface area contributed by atoms with Gasteiger partial charge in [-0.05, 0) is 50.1 Å². The summed E-state index contributed by atoms with van der Waals surface area (Å²) < 4.78 is 11.0. The van der Waals surface area contributed by atoms with Gasteiger partial charge in [0.15, 0.2) is 0 Å². The number of ether oxygens (including phenoxy) is 1. The number of pyridine rings is 1. The highest BCUT2D eigenvalue weighted by atomic mass is 35.5. The van der Waals surface area contributed by atoms with Crippen LogP contribution in [0, 0.1) is 13.8 Å². The number of aryl methyl sites for hydroxylation is 2. The van der Waals surface area contributed by atoms with Crippen molar-refractivity contribution < 1.29 is 9.53 Å². The summed E-state index contributed by atoms with van der Waals surface area (Å²) in [5.74, 6) is -0.620. The quantitative estimate of drug-likeness (QED) is 0.110. The van der Waals surface area contributed by atoms with Crippen LogP contribution in [0.25, 0.3) is 27.5 Å². The van der Waals surface area contributed by atoms with Crippen molar-refractivity contribution in [2.45, 2.75) is 32.9 Å². The van der Waals surface area contributed by atoms with E-state index in [1.807, 2.05) is 55.6 Å². The van der Waals surface area contributed by atoms with Gasteiger partial charge in [-0.25, -0.2) is 4.79 Å². The summed E-state index contributed by atoms with van der Waals surface area (Å²) in [6.45, 7) is 6.93. The molecule has 6 aromatic rings. The molecule has 0 N–H and O–H groups in total. The Kier molecular flexibility index (Phi) is 6.41. The van der Waals surface area contributed by atoms with Gasteiger partial charge in [-0.2, -0.15) is 0 Å². The second-order valence-corrected chi connectivity index (χ2v) is 12.0. The Labute approximate surface area is 262 Å². The number of carbonyl (C=O) groups is 1. The summed E-state index contributed by atoms with van der Waals surface area (Å²) in [5, 5.41) is 1.16. The number of carbonyl (C=O) groups excluding carboxylic acids is 1. The Bertz CT molecular complexity index is 2090. The maximum atomic E-state index is 14.1. The zero-order chi connectivity index (χ0) is 29.5. The predicted molar refractivity (Wildman–Crippen MR) is 172 cm³/mol. The first-order valence-electron chi connectivity index (χ1n) is 13.6. The van der Waals surface area contributed by atoms with Gasteiger partial charge < -0.3 is 13.7 Å². The van der Waals surface area contributed by atoms with Crippen molar-refractivity contribution in [1.29, 1.82) is 0 Å². The third-order valence-corrected chi connectivity index (χ3v) is 10.3. The topological polar surface area (TPSA) is 35.6 Å². The fraction of sp³-hybridized carbons (Fsp3) is 0.147. The summed E-state index contributed by atoms with van der Waals surface area (Å²) in [6, 6.07) is 24.2. The normalized spacial score (nSPS) is 16.4. The number of nitrogens with zero attached hydrogens (tertiary/aromatic N) is 2. The monoisotopic (exact) mass is 632 g/mol. The molecule has 0 saturated heterocycles. The molecule has 1 aliphatic heterocycles. The molecular formula is C34H24Cl4N2O2. The molecular weight excluding hydrogens is 610 g/mol. The van der Waals surface area contributed by atoms with Gasteiger partial charge in [-0.1, -0.05) is 101 Å². The lowest BCUT2D eigenvalue weighted by Gasteiger charge is -2.32. The highest BCUT2D eigenvalue weighted by Gasteiger charge is 2.57. The van der Waals surface area contributed by atoms with Crippen molar-refractivity contribution in [3.63, 3.8) is 0 Å². The van der Waals surface area contributed by atoms with Crippen LogP contribution in [0.1, 0.15) is 45.4 Å². The Morgan fingerprint density at radius 2 is 1.38 bits per heavy atom. The summed E-state index contributed by atoms with van der Waals surface area (Å²) in [7, 11) is 0. The van der Waals surface area contributed by atoms with Gasteiger partial charge in [-0.3, -0.25) is 0 Å². The largest absolute Gasteiger partial charge is 0.439 e. The highest BCUT2D eigenvalue weighted by molar-refractivity contribution is 6.53. The number of fused-ring (bicyclic) bond motifs is 3. The molecule has 4 heterocycles. The number of para-hydroxylation sites is 1. The number of halogens is 4. The van der Waals surface area contributed by atoms with Gasteiger partial charge in [0.2, 0.25) is 5.60 Å². The fourth-order valence-electron chi connectivity index (χ4n) is 6.81. The summed E-state index contributed by atoms with van der Waals surface area (Å²) in [4.78, 5) is 14.1. The number of rotatable bonds is 4. The second-order valence-electron chi connectivity index (χ2n) is 10.5. The van der Waals surface area contributed by atoms with Crippen molar-refractivity contribution in [2.75, 3.05) is 0 Å². The Hall–Kier alpha value is -3.41. The molecule has 0 spiro atoms. The summed E-state index contributed by atoms with van der Waals surface area (Å²) in [6.07, 6.45) is 1.99. The van der Waals surface area contributed by atoms with Crippen LogP contribution in [0.3, 0.4) is 0 Å². The van der Waals surface area contributed by atoms with E-state index >= 15 is 0 Å². The van der Waals surface area contributed by atoms with E-state index in [4.69, 9.17) is 51.1 Å². The van der Waals surface area contributed by atoms with E-state index in [2.05, 4.69) is 53.1 Å². The van der Waals surface area contributed by atoms with Crippen LogP contribution in [-0.4, -0.2) is 14.9 Å². The average molecular weight is 634 g/mol. The van der Waals surface area contributed by atoms with Crippen molar-refractivity contribution in [1.82, 2.24) is 8.97 Å². The first-order valence-corrected chi connectivity index (χ1v) is 15.1. The molecule has 3 aromatic carbocycles. The van der Waals surface area contributed by atoms with Gasteiger partial charge in [0, 0.05) is 51.5 Å². The molecule has 4 nitrogen and oxygen atoms in total. The molecule has 0 radical (unpaired) electrons. The Morgan fingerprint density at radius 1 is 0.738 bits per heavy atom. The van der Waals surface area contributed by atoms with Crippen molar-refractivity contribution >= 4 is 68.8 Å². The summed E-state index contributed by atoms with van der Waals surface area (Å²) >= 11 is 27.2. The van der Waals surface area contributed by atoms with Crippen molar-refractivity contribution in [2.24, 2.45) is 0 Å². The lowest BCUT2D eigenvalue weighted by Crippen LogP contribution is -2.33. The van der Waals surface area contributed by atoms with Crippen molar-refractivity contribution in [3.05, 3.63) is 133 Å². The molecule has 0 bridgehead atoms. The van der Waals surface area contributed by atoms with Crippen LogP contribution >= 0.6 is 46.4 Å². The lowest BCUT2D eigenvalue weighted by atomic mass is 9.78. The van der Waals surface area contributed by atoms with E-state index in [0.29, 0.717) is 12.1 Å². The second kappa shape index (κ2) is 9.82. The smallest absolute Gasteiger partial charge is 0.341 e. The molecule has 1 unspecified atom stereocenters. The zero-order valence-electron chi connectivity index (χ0n) is 22.9. The van der Waals surface area contributed by atoms with E-state index in [-0.39, 0.29) is 25.7 Å². The molecule has 7 rings (SSSR count). The number of hydrogen-bond acceptors (Lipinski definition) is 2. The third kappa shape index (κ3) is 3.47. The minimum absolute atomic E-state index is 0.0158. The van der Waals surface area contributed by atoms with E-state index < -0.39 is 11.6 Å². The van der Waals surface area contributed by atoms with E-state index in [9.17, 15) is 4.79 Å². The Morgan fingerprint density at radius 3 is 2.12 bits per heavy atom. The van der Waals surface area contributed by atoms with Gasteiger partial charge in [0.05, 0.1) is 31.3 Å². The van der Waals surface area contributed by atoms with E-state index in [0.717, 1.165) is 50.1 Å². The van der Waals surface area contributed by atoms with Crippen LogP contribution in [0.4, 0.5) is 0 Å².